The summed E-state index contributed by atoms with van der Waals surface area (Å²) >= 11 is 5.88. The Bertz CT molecular complexity index is 549. The van der Waals surface area contributed by atoms with E-state index >= 15 is 0 Å². The monoisotopic (exact) mass is 320 g/mol. The lowest BCUT2D eigenvalue weighted by molar-refractivity contribution is -0.142. The summed E-state index contributed by atoms with van der Waals surface area (Å²) in [6.45, 7) is 1.05. The second kappa shape index (κ2) is 6.39. The maximum atomic E-state index is 12.4. The molecule has 4 nitrogen and oxygen atoms in total. The van der Waals surface area contributed by atoms with Gasteiger partial charge in [-0.05, 0) is 37.6 Å². The molecule has 118 valence electrons. The minimum atomic E-state index is -0.0646. The molecule has 2 amide bonds. The number of imide groups is 1. The van der Waals surface area contributed by atoms with E-state index in [0.717, 1.165) is 31.2 Å². The molecule has 2 fully saturated rings. The van der Waals surface area contributed by atoms with Gasteiger partial charge in [-0.1, -0.05) is 36.6 Å². The summed E-state index contributed by atoms with van der Waals surface area (Å²) in [5.74, 6) is -0.0781. The van der Waals surface area contributed by atoms with Gasteiger partial charge in [-0.25, -0.2) is 0 Å². The number of halogens is 1. The van der Waals surface area contributed by atoms with E-state index in [9.17, 15) is 9.59 Å². The minimum absolute atomic E-state index is 0.0256. The van der Waals surface area contributed by atoms with Gasteiger partial charge in [0.05, 0.1) is 18.5 Å². The molecule has 1 saturated heterocycles. The fraction of sp³-hybridized carbons (Fsp3) is 0.529. The molecule has 2 atom stereocenters. The molecule has 1 aliphatic carbocycles. The molecule has 0 spiro atoms. The van der Waals surface area contributed by atoms with Gasteiger partial charge in [-0.2, -0.15) is 0 Å². The number of hydrogen-bond acceptors (Lipinski definition) is 3. The van der Waals surface area contributed by atoms with Crippen LogP contribution in [0.1, 0.15) is 31.2 Å². The third kappa shape index (κ3) is 3.03. The lowest BCUT2D eigenvalue weighted by Gasteiger charge is -2.23. The van der Waals surface area contributed by atoms with Crippen molar-refractivity contribution in [1.82, 2.24) is 9.80 Å². The van der Waals surface area contributed by atoms with Crippen molar-refractivity contribution in [2.45, 2.75) is 32.2 Å². The van der Waals surface area contributed by atoms with Crippen LogP contribution in [0.15, 0.2) is 24.3 Å². The molecule has 5 heteroatoms. The molecule has 22 heavy (non-hydrogen) atoms. The molecule has 0 radical (unpaired) electrons. The zero-order chi connectivity index (χ0) is 15.7. The van der Waals surface area contributed by atoms with Crippen molar-refractivity contribution in [2.75, 3.05) is 13.7 Å². The lowest BCUT2D eigenvalue weighted by atomic mass is 9.81. The molecule has 2 aliphatic rings. The van der Waals surface area contributed by atoms with Crippen LogP contribution in [0.3, 0.4) is 0 Å². The van der Waals surface area contributed by atoms with Crippen LogP contribution in [0, 0.1) is 11.8 Å². The molecule has 0 aromatic heterocycles. The zero-order valence-corrected chi connectivity index (χ0v) is 13.6. The fourth-order valence-electron chi connectivity index (χ4n) is 3.56. The van der Waals surface area contributed by atoms with Gasteiger partial charge in [0.15, 0.2) is 0 Å². The molecular formula is C17H21ClN2O2. The Morgan fingerprint density at radius 3 is 2.18 bits per heavy atom. The SMILES string of the molecule is CN(Cc1ccc(Cl)cc1)CN1C(=O)[C@H]2CCCC[C@@H]2C1=O. The molecule has 0 unspecified atom stereocenters. The quantitative estimate of drug-likeness (QED) is 0.801. The van der Waals surface area contributed by atoms with Crippen LogP contribution in [-0.4, -0.2) is 35.3 Å². The number of benzene rings is 1. The number of nitrogens with zero attached hydrogens (tertiary/aromatic N) is 2. The molecule has 1 saturated carbocycles. The number of fused-ring (bicyclic) bond motifs is 1. The number of amides is 2. The molecular weight excluding hydrogens is 300 g/mol. The minimum Gasteiger partial charge on any atom is -0.284 e. The Morgan fingerprint density at radius 2 is 1.64 bits per heavy atom. The van der Waals surface area contributed by atoms with Crippen LogP contribution in [0.25, 0.3) is 0 Å². The van der Waals surface area contributed by atoms with Gasteiger partial charge < -0.3 is 0 Å². The summed E-state index contributed by atoms with van der Waals surface area (Å²) in [5.41, 5.74) is 1.11. The highest BCUT2D eigenvalue weighted by atomic mass is 35.5. The molecule has 3 rings (SSSR count). The molecule has 1 aliphatic heterocycles. The highest BCUT2D eigenvalue weighted by Gasteiger charge is 2.48. The largest absolute Gasteiger partial charge is 0.284 e. The van der Waals surface area contributed by atoms with Gasteiger partial charge in [0.25, 0.3) is 0 Å². The maximum Gasteiger partial charge on any atom is 0.234 e. The average Bonchev–Trinajstić information content (AvgIpc) is 2.75. The molecule has 1 aromatic rings. The van der Waals surface area contributed by atoms with Crippen LogP contribution in [0.5, 0.6) is 0 Å². The van der Waals surface area contributed by atoms with Gasteiger partial charge in [0, 0.05) is 11.6 Å². The Labute approximate surface area is 136 Å². The Hall–Kier alpha value is -1.39. The second-order valence-electron chi connectivity index (χ2n) is 6.38. The second-order valence-corrected chi connectivity index (χ2v) is 6.82. The van der Waals surface area contributed by atoms with E-state index in [1.54, 1.807) is 0 Å². The smallest absolute Gasteiger partial charge is 0.234 e. The van der Waals surface area contributed by atoms with Crippen LogP contribution in [0.2, 0.25) is 5.02 Å². The highest BCUT2D eigenvalue weighted by Crippen LogP contribution is 2.37. The first-order valence-corrected chi connectivity index (χ1v) is 8.22. The van der Waals surface area contributed by atoms with E-state index in [4.69, 9.17) is 11.6 Å². The third-order valence-corrected chi connectivity index (χ3v) is 4.93. The summed E-state index contributed by atoms with van der Waals surface area (Å²) in [7, 11) is 1.93. The van der Waals surface area contributed by atoms with E-state index in [2.05, 4.69) is 0 Å². The predicted molar refractivity (Wildman–Crippen MR) is 85.1 cm³/mol. The van der Waals surface area contributed by atoms with Crippen LogP contribution in [0.4, 0.5) is 0 Å². The predicted octanol–water partition coefficient (Wildman–Crippen LogP) is 2.90. The van der Waals surface area contributed by atoms with Crippen molar-refractivity contribution in [3.05, 3.63) is 34.9 Å². The van der Waals surface area contributed by atoms with Crippen molar-refractivity contribution < 1.29 is 9.59 Å². The number of hydrogen-bond donors (Lipinski definition) is 0. The van der Waals surface area contributed by atoms with Gasteiger partial charge >= 0.3 is 0 Å². The van der Waals surface area contributed by atoms with E-state index in [1.165, 1.54) is 4.90 Å². The van der Waals surface area contributed by atoms with E-state index in [-0.39, 0.29) is 23.7 Å². The molecule has 1 aromatic carbocycles. The standard InChI is InChI=1S/C17H21ClN2O2/c1-19(10-12-6-8-13(18)9-7-12)11-20-16(21)14-4-2-3-5-15(14)17(20)22/h6-9,14-15H,2-5,10-11H2,1H3/t14-,15-/m0/s1. The third-order valence-electron chi connectivity index (χ3n) is 4.68. The number of likely N-dealkylation sites (tertiary alicyclic amines) is 1. The summed E-state index contributed by atoms with van der Waals surface area (Å²) in [6, 6.07) is 7.63. The number of rotatable bonds is 4. The summed E-state index contributed by atoms with van der Waals surface area (Å²) in [4.78, 5) is 28.3. The molecule has 1 heterocycles. The first-order valence-electron chi connectivity index (χ1n) is 7.84. The lowest BCUT2D eigenvalue weighted by Crippen LogP contribution is -2.40. The van der Waals surface area contributed by atoms with Gasteiger partial charge in [-0.3, -0.25) is 19.4 Å². The summed E-state index contributed by atoms with van der Waals surface area (Å²) < 4.78 is 0. The van der Waals surface area contributed by atoms with Crippen LogP contribution in [-0.2, 0) is 16.1 Å². The fourth-order valence-corrected chi connectivity index (χ4v) is 3.69. The van der Waals surface area contributed by atoms with Gasteiger partial charge in [-0.15, -0.1) is 0 Å². The number of carbonyl (C=O) groups is 2. The van der Waals surface area contributed by atoms with Crippen molar-refractivity contribution in [3.63, 3.8) is 0 Å². The van der Waals surface area contributed by atoms with Crippen LogP contribution >= 0.6 is 11.6 Å². The first kappa shape index (κ1) is 15.5. The topological polar surface area (TPSA) is 40.6 Å². The van der Waals surface area contributed by atoms with Gasteiger partial charge in [0.1, 0.15) is 0 Å². The Balaban J connectivity index is 1.63. The normalized spacial score (nSPS) is 25.0. The van der Waals surface area contributed by atoms with E-state index in [1.807, 2.05) is 36.2 Å². The maximum absolute atomic E-state index is 12.4. The average molecular weight is 321 g/mol. The van der Waals surface area contributed by atoms with Crippen molar-refractivity contribution in [1.29, 1.82) is 0 Å². The van der Waals surface area contributed by atoms with Crippen molar-refractivity contribution >= 4 is 23.4 Å². The van der Waals surface area contributed by atoms with Gasteiger partial charge in [0.2, 0.25) is 11.8 Å². The number of carbonyl (C=O) groups excluding carboxylic acids is 2. The first-order chi connectivity index (χ1) is 10.6. The summed E-state index contributed by atoms with van der Waals surface area (Å²) in [5, 5.41) is 0.709. The van der Waals surface area contributed by atoms with Crippen LogP contribution < -0.4 is 0 Å². The van der Waals surface area contributed by atoms with E-state index in [0.29, 0.717) is 18.2 Å². The van der Waals surface area contributed by atoms with Crippen molar-refractivity contribution in [3.8, 4) is 0 Å². The highest BCUT2D eigenvalue weighted by molar-refractivity contribution is 6.30. The molecule has 0 N–H and O–H groups in total. The Kier molecular flexibility index (Phi) is 4.50. The summed E-state index contributed by atoms with van der Waals surface area (Å²) in [6.07, 6.45) is 3.86. The Morgan fingerprint density at radius 1 is 1.09 bits per heavy atom. The van der Waals surface area contributed by atoms with E-state index < -0.39 is 0 Å². The zero-order valence-electron chi connectivity index (χ0n) is 12.8. The molecule has 0 bridgehead atoms. The van der Waals surface area contributed by atoms with Crippen molar-refractivity contribution in [2.24, 2.45) is 11.8 Å².